The highest BCUT2D eigenvalue weighted by Crippen LogP contribution is 2.77. The number of carbonyl (C=O) groups is 3. The van der Waals surface area contributed by atoms with Gasteiger partial charge in [-0.25, -0.2) is 4.79 Å². The zero-order valence-electron chi connectivity index (χ0n) is 23.7. The van der Waals surface area contributed by atoms with Crippen molar-refractivity contribution in [1.29, 1.82) is 0 Å². The van der Waals surface area contributed by atoms with Crippen LogP contribution in [0.1, 0.15) is 68.2 Å². The third-order valence-electron chi connectivity index (χ3n) is 10.2. The summed E-state index contributed by atoms with van der Waals surface area (Å²) in [6.45, 7) is 13.8. The van der Waals surface area contributed by atoms with Gasteiger partial charge in [-0.15, -0.1) is 0 Å². The summed E-state index contributed by atoms with van der Waals surface area (Å²) < 4.78 is 12.4. The summed E-state index contributed by atoms with van der Waals surface area (Å²) in [5.74, 6) is -4.94. The van der Waals surface area contributed by atoms with E-state index in [4.69, 9.17) is 9.47 Å². The molecule has 4 aliphatic rings. The minimum absolute atomic E-state index is 0.124. The molecule has 4 rings (SSSR count). The van der Waals surface area contributed by atoms with Gasteiger partial charge in [-0.3, -0.25) is 9.59 Å². The summed E-state index contributed by atoms with van der Waals surface area (Å²) in [4.78, 5) is 39.6. The first kappa shape index (κ1) is 28.7. The van der Waals surface area contributed by atoms with Gasteiger partial charge in [-0.2, -0.15) is 0 Å². The van der Waals surface area contributed by atoms with Crippen LogP contribution < -0.4 is 0 Å². The average molecular weight is 531 g/mol. The smallest absolute Gasteiger partial charge is 0.334 e. The van der Waals surface area contributed by atoms with E-state index in [0.717, 1.165) is 0 Å². The van der Waals surface area contributed by atoms with Gasteiger partial charge in [-0.05, 0) is 38.3 Å². The number of aliphatic hydroxyl groups excluding tert-OH is 1. The molecule has 0 aromatic carbocycles. The zero-order chi connectivity index (χ0) is 28.6. The number of fused-ring (bicyclic) bond motifs is 5. The molecular formula is C30H42O8. The molecule has 0 aromatic heterocycles. The topological polar surface area (TPSA) is 130 Å². The second kappa shape index (κ2) is 9.14. The molecule has 4 aliphatic carbocycles. The Kier molecular flexibility index (Phi) is 6.90. The molecule has 9 unspecified atom stereocenters. The Hall–Kier alpha value is -2.29. The Balaban J connectivity index is 1.95. The molecule has 0 amide bonds. The Bertz CT molecular complexity index is 1150. The van der Waals surface area contributed by atoms with Crippen molar-refractivity contribution in [3.8, 4) is 0 Å². The Morgan fingerprint density at radius 1 is 1.24 bits per heavy atom. The van der Waals surface area contributed by atoms with E-state index in [1.54, 1.807) is 52.8 Å². The summed E-state index contributed by atoms with van der Waals surface area (Å²) in [6, 6.07) is 0. The van der Waals surface area contributed by atoms with Gasteiger partial charge in [0.05, 0.1) is 18.1 Å². The predicted octanol–water partition coefficient (Wildman–Crippen LogP) is 3.04. The van der Waals surface area contributed by atoms with Crippen LogP contribution in [0.25, 0.3) is 0 Å². The van der Waals surface area contributed by atoms with Crippen molar-refractivity contribution in [2.45, 2.75) is 91.1 Å². The fourth-order valence-corrected chi connectivity index (χ4v) is 7.58. The molecule has 3 N–H and O–H groups in total. The molecule has 0 bridgehead atoms. The number of ketones is 1. The van der Waals surface area contributed by atoms with Crippen LogP contribution in [0.15, 0.2) is 34.9 Å². The number of hydrogen-bond acceptors (Lipinski definition) is 8. The van der Waals surface area contributed by atoms with E-state index in [1.165, 1.54) is 0 Å². The lowest BCUT2D eigenvalue weighted by atomic mass is 9.59. The van der Waals surface area contributed by atoms with Crippen LogP contribution in [0.5, 0.6) is 0 Å². The summed E-state index contributed by atoms with van der Waals surface area (Å²) in [5.41, 5.74) is -4.49. The highest BCUT2D eigenvalue weighted by Gasteiger charge is 2.88. The Labute approximate surface area is 224 Å². The molecule has 0 radical (unpaired) electrons. The van der Waals surface area contributed by atoms with Gasteiger partial charge in [0.15, 0.2) is 11.4 Å². The maximum Gasteiger partial charge on any atom is 0.334 e. The minimum Gasteiger partial charge on any atom is -0.457 e. The minimum atomic E-state index is -1.95. The van der Waals surface area contributed by atoms with Crippen LogP contribution in [0.2, 0.25) is 0 Å². The second-order valence-corrected chi connectivity index (χ2v) is 12.5. The summed E-state index contributed by atoms with van der Waals surface area (Å²) >= 11 is 0. The molecule has 0 spiro atoms. The van der Waals surface area contributed by atoms with E-state index in [9.17, 15) is 29.7 Å². The van der Waals surface area contributed by atoms with Crippen molar-refractivity contribution in [3.05, 3.63) is 34.9 Å². The molecule has 2 fully saturated rings. The molecule has 0 aliphatic heterocycles. The van der Waals surface area contributed by atoms with Crippen LogP contribution in [0.3, 0.4) is 0 Å². The lowest BCUT2D eigenvalue weighted by molar-refractivity contribution is -0.229. The molecule has 9 atom stereocenters. The number of Topliss-reactive ketones (excluding diaryl/α,β-unsaturated/α-hetero) is 1. The molecule has 2 saturated carbocycles. The number of ether oxygens (including phenoxy) is 2. The summed E-state index contributed by atoms with van der Waals surface area (Å²) in [7, 11) is 0. The van der Waals surface area contributed by atoms with Gasteiger partial charge in [0, 0.05) is 41.1 Å². The average Bonchev–Trinajstić information content (AvgIpc) is 3.30. The molecule has 0 heterocycles. The van der Waals surface area contributed by atoms with E-state index in [-0.39, 0.29) is 6.42 Å². The van der Waals surface area contributed by atoms with Gasteiger partial charge in [0.2, 0.25) is 0 Å². The predicted molar refractivity (Wildman–Crippen MR) is 139 cm³/mol. The lowest BCUT2D eigenvalue weighted by Crippen LogP contribution is -2.66. The van der Waals surface area contributed by atoms with E-state index in [0.29, 0.717) is 23.1 Å². The Morgan fingerprint density at radius 3 is 2.42 bits per heavy atom. The number of aliphatic hydroxyl groups is 3. The third-order valence-corrected chi connectivity index (χ3v) is 10.2. The molecule has 210 valence electrons. The number of rotatable bonds is 6. The van der Waals surface area contributed by atoms with Crippen molar-refractivity contribution in [2.75, 3.05) is 6.61 Å². The van der Waals surface area contributed by atoms with Gasteiger partial charge in [0.1, 0.15) is 11.7 Å². The van der Waals surface area contributed by atoms with E-state index >= 15 is 0 Å². The number of carbonyl (C=O) groups excluding carboxylic acids is 3. The van der Waals surface area contributed by atoms with Gasteiger partial charge < -0.3 is 24.8 Å². The van der Waals surface area contributed by atoms with E-state index < -0.39 is 82.2 Å². The van der Waals surface area contributed by atoms with Crippen LogP contribution >= 0.6 is 0 Å². The van der Waals surface area contributed by atoms with Crippen molar-refractivity contribution in [1.82, 2.24) is 0 Å². The normalized spacial score (nSPS) is 42.0. The fourth-order valence-electron chi connectivity index (χ4n) is 7.58. The SMILES string of the molecule is CC=C(C)C(=O)OC12C(OC(=O)C(C)CC)C(C)C3(O)C(C=C(CO)CC4(O)C(=O)C(C)=CC43)C1C2(C)C. The van der Waals surface area contributed by atoms with Crippen LogP contribution in [0, 0.1) is 35.0 Å². The first-order valence-electron chi connectivity index (χ1n) is 13.6. The monoisotopic (exact) mass is 530 g/mol. The summed E-state index contributed by atoms with van der Waals surface area (Å²) in [5, 5.41) is 34.7. The van der Waals surface area contributed by atoms with Crippen molar-refractivity contribution in [3.63, 3.8) is 0 Å². The van der Waals surface area contributed by atoms with Crippen LogP contribution in [-0.4, -0.2) is 62.6 Å². The lowest BCUT2D eigenvalue weighted by Gasteiger charge is -2.53. The maximum atomic E-state index is 13.2. The Morgan fingerprint density at radius 2 is 1.87 bits per heavy atom. The van der Waals surface area contributed by atoms with Crippen molar-refractivity contribution >= 4 is 17.7 Å². The van der Waals surface area contributed by atoms with Gasteiger partial charge in [-0.1, -0.05) is 52.8 Å². The quantitative estimate of drug-likeness (QED) is 0.271. The number of hydrogen-bond donors (Lipinski definition) is 3. The van der Waals surface area contributed by atoms with Crippen molar-refractivity contribution < 1.29 is 39.2 Å². The molecular weight excluding hydrogens is 488 g/mol. The highest BCUT2D eigenvalue weighted by molar-refractivity contribution is 6.04. The molecule has 8 heteroatoms. The molecule has 38 heavy (non-hydrogen) atoms. The molecule has 8 nitrogen and oxygen atoms in total. The third kappa shape index (κ3) is 3.56. The van der Waals surface area contributed by atoms with Gasteiger partial charge in [0.25, 0.3) is 0 Å². The zero-order valence-corrected chi connectivity index (χ0v) is 23.7. The fraction of sp³-hybridized carbons (Fsp3) is 0.700. The first-order chi connectivity index (χ1) is 17.6. The van der Waals surface area contributed by atoms with Gasteiger partial charge >= 0.3 is 11.9 Å². The second-order valence-electron chi connectivity index (χ2n) is 12.5. The van der Waals surface area contributed by atoms with Crippen LogP contribution in [0.4, 0.5) is 0 Å². The number of esters is 2. The highest BCUT2D eigenvalue weighted by atomic mass is 16.6. The summed E-state index contributed by atoms with van der Waals surface area (Å²) in [6.07, 6.45) is 4.41. The van der Waals surface area contributed by atoms with Crippen molar-refractivity contribution in [2.24, 2.45) is 35.0 Å². The largest absolute Gasteiger partial charge is 0.457 e. The van der Waals surface area contributed by atoms with Crippen LogP contribution in [-0.2, 0) is 23.9 Å². The standard InChI is InChI=1S/C30H42O8/c1-9-15(3)25(33)37-24-18(6)29(36)20(22-27(7,8)30(22,24)38-26(34)16(4)10-2)12-19(14-31)13-28(35)21(29)11-17(5)23(28)32/h10-12,15,18,20-22,24,31,35-36H,9,13-14H2,1-8H3. The molecule has 0 aromatic rings. The van der Waals surface area contributed by atoms with E-state index in [2.05, 4.69) is 0 Å². The molecule has 0 saturated heterocycles. The van der Waals surface area contributed by atoms with E-state index in [1.807, 2.05) is 20.8 Å². The number of allylic oxidation sites excluding steroid dienone is 1. The maximum absolute atomic E-state index is 13.2. The first-order valence-corrected chi connectivity index (χ1v) is 13.6.